The third-order valence-electron chi connectivity index (χ3n) is 7.53. The van der Waals surface area contributed by atoms with Gasteiger partial charge in [-0.1, -0.05) is 26.3 Å². The predicted octanol–water partition coefficient (Wildman–Crippen LogP) is 5.22. The zero-order valence-electron chi connectivity index (χ0n) is 17.0. The summed E-state index contributed by atoms with van der Waals surface area (Å²) in [5, 5.41) is 0. The zero-order chi connectivity index (χ0) is 19.1. The van der Waals surface area contributed by atoms with Gasteiger partial charge in [-0.3, -0.25) is 4.79 Å². The van der Waals surface area contributed by atoms with Gasteiger partial charge in [0.05, 0.1) is 14.2 Å². The molecule has 0 aromatic heterocycles. The number of benzene rings is 1. The minimum Gasteiger partial charge on any atom is -0.497 e. The highest BCUT2D eigenvalue weighted by molar-refractivity contribution is 5.92. The number of carbonyl (C=O) groups is 1. The molecule has 1 saturated carbocycles. The molecule has 142 valence electrons. The van der Waals surface area contributed by atoms with Crippen LogP contribution in [-0.2, 0) is 11.2 Å². The molecule has 3 nitrogen and oxygen atoms in total. The Labute approximate surface area is 157 Å². The molecular formula is C23H32O3. The number of hydrogen-bond acceptors (Lipinski definition) is 3. The highest BCUT2D eigenvalue weighted by Gasteiger charge is 2.54. The maximum absolute atomic E-state index is 12.4. The molecule has 3 heteroatoms. The first kappa shape index (κ1) is 19.0. The third-order valence-corrected chi connectivity index (χ3v) is 7.53. The van der Waals surface area contributed by atoms with E-state index in [0.717, 1.165) is 17.9 Å². The molecule has 0 unspecified atom stereocenters. The van der Waals surface area contributed by atoms with Crippen molar-refractivity contribution in [2.45, 2.75) is 53.4 Å². The number of ether oxygens (including phenoxy) is 2. The Morgan fingerprint density at radius 1 is 1.19 bits per heavy atom. The molecule has 1 fully saturated rings. The largest absolute Gasteiger partial charge is 0.497 e. The minimum atomic E-state index is 0.0395. The van der Waals surface area contributed by atoms with Crippen LogP contribution in [0.4, 0.5) is 0 Å². The molecule has 0 N–H and O–H groups in total. The van der Waals surface area contributed by atoms with Crippen molar-refractivity contribution in [3.05, 3.63) is 35.4 Å². The van der Waals surface area contributed by atoms with Gasteiger partial charge in [0.25, 0.3) is 0 Å². The van der Waals surface area contributed by atoms with Crippen LogP contribution >= 0.6 is 0 Å². The molecule has 26 heavy (non-hydrogen) atoms. The molecule has 1 aromatic rings. The van der Waals surface area contributed by atoms with Gasteiger partial charge in [-0.25, -0.2) is 0 Å². The second kappa shape index (κ2) is 6.75. The van der Waals surface area contributed by atoms with Crippen molar-refractivity contribution in [1.29, 1.82) is 0 Å². The van der Waals surface area contributed by atoms with Crippen molar-refractivity contribution < 1.29 is 14.3 Å². The van der Waals surface area contributed by atoms with Gasteiger partial charge >= 0.3 is 0 Å². The van der Waals surface area contributed by atoms with E-state index in [-0.39, 0.29) is 16.6 Å². The molecular weight excluding hydrogens is 324 g/mol. The number of methoxy groups -OCH3 is 2. The van der Waals surface area contributed by atoms with Crippen molar-refractivity contribution in [3.63, 3.8) is 0 Å². The molecule has 0 amide bonds. The second-order valence-corrected chi connectivity index (χ2v) is 8.77. The number of hydrogen-bond donors (Lipinski definition) is 0. The average molecular weight is 357 g/mol. The van der Waals surface area contributed by atoms with Crippen LogP contribution in [-0.4, -0.2) is 20.0 Å². The molecule has 0 heterocycles. The van der Waals surface area contributed by atoms with Crippen LogP contribution in [0.2, 0.25) is 0 Å². The van der Waals surface area contributed by atoms with Gasteiger partial charge in [0.2, 0.25) is 0 Å². The molecule has 3 rings (SSSR count). The van der Waals surface area contributed by atoms with E-state index in [0.29, 0.717) is 18.3 Å². The van der Waals surface area contributed by atoms with Crippen LogP contribution in [0.15, 0.2) is 29.8 Å². The van der Waals surface area contributed by atoms with Gasteiger partial charge in [-0.2, -0.15) is 0 Å². The van der Waals surface area contributed by atoms with Crippen LogP contribution in [0.3, 0.4) is 0 Å². The van der Waals surface area contributed by atoms with E-state index < -0.39 is 0 Å². The molecule has 2 aliphatic carbocycles. The summed E-state index contributed by atoms with van der Waals surface area (Å²) in [5.74, 6) is 2.94. The Morgan fingerprint density at radius 3 is 2.58 bits per heavy atom. The number of carbonyl (C=O) groups excluding carboxylic acids is 1. The summed E-state index contributed by atoms with van der Waals surface area (Å²) in [6.45, 7) is 9.24. The first-order valence-electron chi connectivity index (χ1n) is 9.67. The molecule has 4 atom stereocenters. The third kappa shape index (κ3) is 2.95. The van der Waals surface area contributed by atoms with Crippen molar-refractivity contribution in [1.82, 2.24) is 0 Å². The zero-order valence-corrected chi connectivity index (χ0v) is 17.0. The summed E-state index contributed by atoms with van der Waals surface area (Å²) in [6, 6.07) is 6.02. The molecule has 0 bridgehead atoms. The Balaban J connectivity index is 2.04. The summed E-state index contributed by atoms with van der Waals surface area (Å²) in [6.07, 6.45) is 5.80. The second-order valence-electron chi connectivity index (χ2n) is 8.77. The van der Waals surface area contributed by atoms with E-state index in [9.17, 15) is 4.79 Å². The SMILES string of the molecule is COc1ccc(OC)c(C[C@]2(C)[C@@H](C)CC[C@]3(C)C(C)=CC(=O)C[C@@H]23)c1. The molecule has 0 radical (unpaired) electrons. The Morgan fingerprint density at radius 2 is 1.92 bits per heavy atom. The fourth-order valence-electron chi connectivity index (χ4n) is 5.42. The van der Waals surface area contributed by atoms with Crippen LogP contribution in [0.25, 0.3) is 0 Å². The highest BCUT2D eigenvalue weighted by Crippen LogP contribution is 2.61. The lowest BCUT2D eigenvalue weighted by atomic mass is 9.46. The van der Waals surface area contributed by atoms with E-state index in [1.165, 1.54) is 24.0 Å². The number of fused-ring (bicyclic) bond motifs is 1. The number of rotatable bonds is 4. The van der Waals surface area contributed by atoms with Gasteiger partial charge in [-0.15, -0.1) is 0 Å². The van der Waals surface area contributed by atoms with Gasteiger partial charge in [0, 0.05) is 6.42 Å². The van der Waals surface area contributed by atoms with Gasteiger partial charge in [-0.05, 0) is 78.7 Å². The van der Waals surface area contributed by atoms with E-state index >= 15 is 0 Å². The van der Waals surface area contributed by atoms with E-state index in [2.05, 4.69) is 33.8 Å². The Bertz CT molecular complexity index is 735. The standard InChI is InChI=1S/C23H32O3/c1-15-9-10-22(3)16(2)11-18(24)13-21(22)23(15,4)14-17-12-19(25-5)7-8-20(17)26-6/h7-8,11-12,15,21H,9-10,13-14H2,1-6H3/t15-,21+,22+,23+/m0/s1. The van der Waals surface area contributed by atoms with Crippen LogP contribution in [0, 0.1) is 22.7 Å². The quantitative estimate of drug-likeness (QED) is 0.741. The summed E-state index contributed by atoms with van der Waals surface area (Å²) >= 11 is 0. The lowest BCUT2D eigenvalue weighted by molar-refractivity contribution is -0.123. The first-order chi connectivity index (χ1) is 12.2. The van der Waals surface area contributed by atoms with E-state index in [1.807, 2.05) is 18.2 Å². The molecule has 0 aliphatic heterocycles. The van der Waals surface area contributed by atoms with Crippen LogP contribution in [0.1, 0.15) is 52.5 Å². The molecule has 0 spiro atoms. The van der Waals surface area contributed by atoms with Crippen molar-refractivity contribution >= 4 is 5.78 Å². The average Bonchev–Trinajstić information content (AvgIpc) is 2.61. The number of allylic oxidation sites excluding steroid dienone is 2. The maximum atomic E-state index is 12.4. The molecule has 1 aromatic carbocycles. The van der Waals surface area contributed by atoms with Crippen molar-refractivity contribution in [2.24, 2.45) is 22.7 Å². The predicted molar refractivity (Wildman–Crippen MR) is 105 cm³/mol. The van der Waals surface area contributed by atoms with Crippen LogP contribution < -0.4 is 9.47 Å². The first-order valence-corrected chi connectivity index (χ1v) is 9.67. The van der Waals surface area contributed by atoms with E-state index in [4.69, 9.17) is 9.47 Å². The minimum absolute atomic E-state index is 0.0395. The van der Waals surface area contributed by atoms with Crippen molar-refractivity contribution in [2.75, 3.05) is 14.2 Å². The van der Waals surface area contributed by atoms with Crippen LogP contribution in [0.5, 0.6) is 11.5 Å². The Kier molecular flexibility index (Phi) is 4.94. The topological polar surface area (TPSA) is 35.5 Å². The fourth-order valence-corrected chi connectivity index (χ4v) is 5.42. The summed E-state index contributed by atoms with van der Waals surface area (Å²) in [7, 11) is 3.42. The smallest absolute Gasteiger partial charge is 0.155 e. The fraction of sp³-hybridized carbons (Fsp3) is 0.609. The maximum Gasteiger partial charge on any atom is 0.155 e. The molecule has 2 aliphatic rings. The highest BCUT2D eigenvalue weighted by atomic mass is 16.5. The molecule has 0 saturated heterocycles. The monoisotopic (exact) mass is 356 g/mol. The summed E-state index contributed by atoms with van der Waals surface area (Å²) in [5.41, 5.74) is 2.58. The van der Waals surface area contributed by atoms with Crippen molar-refractivity contribution in [3.8, 4) is 11.5 Å². The lowest BCUT2D eigenvalue weighted by Gasteiger charge is -2.57. The summed E-state index contributed by atoms with van der Waals surface area (Å²) < 4.78 is 11.1. The van der Waals surface area contributed by atoms with Gasteiger partial charge < -0.3 is 9.47 Å². The van der Waals surface area contributed by atoms with Gasteiger partial charge in [0.1, 0.15) is 11.5 Å². The Hall–Kier alpha value is -1.77. The normalized spacial score (nSPS) is 34.1. The summed E-state index contributed by atoms with van der Waals surface area (Å²) in [4.78, 5) is 12.4. The number of ketones is 1. The van der Waals surface area contributed by atoms with Gasteiger partial charge in [0.15, 0.2) is 5.78 Å². The van der Waals surface area contributed by atoms with E-state index in [1.54, 1.807) is 14.2 Å². The lowest BCUT2D eigenvalue weighted by Crippen LogP contribution is -2.51.